The fourth-order valence-corrected chi connectivity index (χ4v) is 4.96. The van der Waals surface area contributed by atoms with Crippen LogP contribution in [0.1, 0.15) is 29.8 Å². The lowest BCUT2D eigenvalue weighted by Crippen LogP contribution is -2.30. The Hall–Kier alpha value is -5.02. The number of anilines is 2. The maximum Gasteiger partial charge on any atom is 0.272 e. The second kappa shape index (κ2) is 15.3. The second-order valence-corrected chi connectivity index (χ2v) is 10.7. The number of thioether (sulfide) groups is 1. The molecule has 4 aromatic rings. The van der Waals surface area contributed by atoms with Gasteiger partial charge in [0.2, 0.25) is 5.91 Å². The lowest BCUT2D eigenvalue weighted by molar-refractivity contribution is -0.115. The maximum atomic E-state index is 13.5. The number of rotatable bonds is 12. The van der Waals surface area contributed by atoms with E-state index in [2.05, 4.69) is 16.0 Å². The number of carbonyl (C=O) groups is 3. The fraction of sp³-hybridized carbons (Fsp3) is 0.147. The molecule has 0 saturated carbocycles. The molecule has 8 nitrogen and oxygen atoms in total. The molecule has 220 valence electrons. The summed E-state index contributed by atoms with van der Waals surface area (Å²) in [5.41, 5.74) is 2.26. The van der Waals surface area contributed by atoms with Crippen LogP contribution in [0.3, 0.4) is 0 Å². The molecule has 1 unspecified atom stereocenters. The van der Waals surface area contributed by atoms with Crippen LogP contribution >= 0.6 is 11.8 Å². The van der Waals surface area contributed by atoms with E-state index in [1.54, 1.807) is 72.8 Å². The van der Waals surface area contributed by atoms with Crippen molar-refractivity contribution in [3.63, 3.8) is 0 Å². The van der Waals surface area contributed by atoms with E-state index in [1.807, 2.05) is 50.2 Å². The molecular formula is C34H33N3O5S. The molecule has 0 fully saturated rings. The molecule has 3 N–H and O–H groups in total. The van der Waals surface area contributed by atoms with E-state index in [9.17, 15) is 14.4 Å². The van der Waals surface area contributed by atoms with Gasteiger partial charge in [-0.3, -0.25) is 14.4 Å². The Morgan fingerprint density at radius 3 is 2.28 bits per heavy atom. The van der Waals surface area contributed by atoms with Crippen LogP contribution < -0.4 is 25.4 Å². The Bertz CT molecular complexity index is 1590. The molecule has 0 aromatic heterocycles. The molecule has 0 saturated heterocycles. The van der Waals surface area contributed by atoms with E-state index in [0.717, 1.165) is 10.6 Å². The predicted octanol–water partition coefficient (Wildman–Crippen LogP) is 6.62. The van der Waals surface area contributed by atoms with Gasteiger partial charge in [0, 0.05) is 27.4 Å². The summed E-state index contributed by atoms with van der Waals surface area (Å²) < 4.78 is 10.9. The Morgan fingerprint density at radius 2 is 1.56 bits per heavy atom. The van der Waals surface area contributed by atoms with E-state index < -0.39 is 17.1 Å². The number of benzene rings is 4. The Kier molecular flexibility index (Phi) is 11.0. The minimum Gasteiger partial charge on any atom is -0.496 e. The van der Waals surface area contributed by atoms with Crippen molar-refractivity contribution in [2.45, 2.75) is 24.0 Å². The zero-order chi connectivity index (χ0) is 30.6. The summed E-state index contributed by atoms with van der Waals surface area (Å²) in [6, 6.07) is 30.2. The van der Waals surface area contributed by atoms with Gasteiger partial charge in [-0.15, -0.1) is 11.8 Å². The third-order valence-corrected chi connectivity index (χ3v) is 7.27. The van der Waals surface area contributed by atoms with E-state index in [4.69, 9.17) is 9.47 Å². The number of amides is 3. The predicted molar refractivity (Wildman–Crippen MR) is 172 cm³/mol. The number of methoxy groups -OCH3 is 1. The first-order valence-electron chi connectivity index (χ1n) is 13.7. The van der Waals surface area contributed by atoms with Crippen molar-refractivity contribution in [1.82, 2.24) is 5.32 Å². The standard InChI is InChI=1S/C34H33N3O5S/c1-4-42-28-19-17-26(18-20-28)35-32(38)23(2)43-29-15-10-14-27(22-29)36-34(40)30(21-25-13-8-9-16-31(25)41-3)37-33(39)24-11-6-5-7-12-24/h5-23H,4H2,1-3H3,(H,35,38)(H,36,40)(H,37,39)/b30-21+. The topological polar surface area (TPSA) is 106 Å². The van der Waals surface area contributed by atoms with Crippen molar-refractivity contribution in [2.75, 3.05) is 24.4 Å². The Balaban J connectivity index is 1.47. The molecule has 0 bridgehead atoms. The van der Waals surface area contributed by atoms with E-state index in [1.165, 1.54) is 18.9 Å². The van der Waals surface area contributed by atoms with Crippen LogP contribution in [0, 0.1) is 0 Å². The van der Waals surface area contributed by atoms with Crippen LogP contribution in [-0.4, -0.2) is 36.7 Å². The van der Waals surface area contributed by atoms with E-state index in [-0.39, 0.29) is 11.6 Å². The second-order valence-electron chi connectivity index (χ2n) is 9.31. The molecule has 4 aromatic carbocycles. The number of hydrogen-bond acceptors (Lipinski definition) is 6. The highest BCUT2D eigenvalue weighted by Crippen LogP contribution is 2.27. The van der Waals surface area contributed by atoms with Crippen molar-refractivity contribution in [3.05, 3.63) is 120 Å². The molecule has 0 aliphatic carbocycles. The molecule has 43 heavy (non-hydrogen) atoms. The molecular weight excluding hydrogens is 562 g/mol. The maximum absolute atomic E-state index is 13.5. The largest absolute Gasteiger partial charge is 0.496 e. The molecule has 4 rings (SSSR count). The van der Waals surface area contributed by atoms with Gasteiger partial charge >= 0.3 is 0 Å². The zero-order valence-electron chi connectivity index (χ0n) is 24.1. The first-order valence-corrected chi connectivity index (χ1v) is 14.6. The minimum atomic E-state index is -0.515. The molecule has 0 aliphatic rings. The number of nitrogens with one attached hydrogen (secondary N) is 3. The third kappa shape index (κ3) is 8.98. The molecule has 0 spiro atoms. The van der Waals surface area contributed by atoms with Crippen molar-refractivity contribution in [1.29, 1.82) is 0 Å². The van der Waals surface area contributed by atoms with Crippen LogP contribution in [0.25, 0.3) is 6.08 Å². The highest BCUT2D eigenvalue weighted by Gasteiger charge is 2.18. The van der Waals surface area contributed by atoms with Crippen LogP contribution in [-0.2, 0) is 9.59 Å². The molecule has 0 heterocycles. The monoisotopic (exact) mass is 595 g/mol. The summed E-state index contributed by atoms with van der Waals surface area (Å²) in [4.78, 5) is 40.1. The summed E-state index contributed by atoms with van der Waals surface area (Å²) in [6.45, 7) is 4.30. The molecule has 0 radical (unpaired) electrons. The smallest absolute Gasteiger partial charge is 0.272 e. The van der Waals surface area contributed by atoms with Crippen LogP contribution in [0.4, 0.5) is 11.4 Å². The summed E-state index contributed by atoms with van der Waals surface area (Å²) in [5.74, 6) is 0.196. The van der Waals surface area contributed by atoms with Crippen LogP contribution in [0.5, 0.6) is 11.5 Å². The third-order valence-electron chi connectivity index (χ3n) is 6.17. The van der Waals surface area contributed by atoms with Gasteiger partial charge in [0.25, 0.3) is 11.8 Å². The van der Waals surface area contributed by atoms with Gasteiger partial charge in [-0.25, -0.2) is 0 Å². The lowest BCUT2D eigenvalue weighted by atomic mass is 10.1. The number of ether oxygens (including phenoxy) is 2. The SMILES string of the molecule is CCOc1ccc(NC(=O)C(C)Sc2cccc(NC(=O)/C(=C\c3ccccc3OC)NC(=O)c3ccccc3)c2)cc1. The normalized spacial score (nSPS) is 11.7. The van der Waals surface area contributed by atoms with Gasteiger partial charge < -0.3 is 25.4 Å². The highest BCUT2D eigenvalue weighted by atomic mass is 32.2. The first kappa shape index (κ1) is 30.9. The molecule has 9 heteroatoms. The number of hydrogen-bond donors (Lipinski definition) is 3. The summed E-state index contributed by atoms with van der Waals surface area (Å²) in [5, 5.41) is 8.10. The number of carbonyl (C=O) groups excluding carboxylic acids is 3. The zero-order valence-corrected chi connectivity index (χ0v) is 24.9. The average Bonchev–Trinajstić information content (AvgIpc) is 3.02. The van der Waals surface area contributed by atoms with Gasteiger partial charge in [0.15, 0.2) is 0 Å². The molecule has 0 aliphatic heterocycles. The fourth-order valence-electron chi connectivity index (χ4n) is 4.03. The van der Waals surface area contributed by atoms with Gasteiger partial charge in [-0.2, -0.15) is 0 Å². The molecule has 3 amide bonds. The first-order chi connectivity index (χ1) is 20.9. The van der Waals surface area contributed by atoms with Crippen molar-refractivity contribution in [3.8, 4) is 11.5 Å². The van der Waals surface area contributed by atoms with Gasteiger partial charge in [-0.05, 0) is 80.6 Å². The lowest BCUT2D eigenvalue weighted by Gasteiger charge is -2.14. The Labute approximate surface area is 255 Å². The highest BCUT2D eigenvalue weighted by molar-refractivity contribution is 8.00. The summed E-state index contributed by atoms with van der Waals surface area (Å²) in [6.07, 6.45) is 1.57. The van der Waals surface area contributed by atoms with Crippen molar-refractivity contribution < 1.29 is 23.9 Å². The minimum absolute atomic E-state index is 0.0412. The van der Waals surface area contributed by atoms with Crippen LogP contribution in [0.15, 0.2) is 114 Å². The quantitative estimate of drug-likeness (QED) is 0.126. The number of para-hydroxylation sites is 1. The van der Waals surface area contributed by atoms with Gasteiger partial charge in [-0.1, -0.05) is 42.5 Å². The van der Waals surface area contributed by atoms with Crippen molar-refractivity contribution >= 4 is 46.9 Å². The van der Waals surface area contributed by atoms with Gasteiger partial charge in [0.05, 0.1) is 19.0 Å². The Morgan fingerprint density at radius 1 is 0.837 bits per heavy atom. The molecule has 1 atom stereocenters. The van der Waals surface area contributed by atoms with E-state index >= 15 is 0 Å². The van der Waals surface area contributed by atoms with Gasteiger partial charge in [0.1, 0.15) is 17.2 Å². The van der Waals surface area contributed by atoms with E-state index in [0.29, 0.717) is 34.9 Å². The summed E-state index contributed by atoms with van der Waals surface area (Å²) >= 11 is 1.36. The van der Waals surface area contributed by atoms with Crippen LogP contribution in [0.2, 0.25) is 0 Å². The average molecular weight is 596 g/mol. The summed E-state index contributed by atoms with van der Waals surface area (Å²) in [7, 11) is 1.54. The van der Waals surface area contributed by atoms with Crippen molar-refractivity contribution in [2.24, 2.45) is 0 Å².